The average Bonchev–Trinajstić information content (AvgIpc) is 2.55. The van der Waals surface area contributed by atoms with E-state index < -0.39 is 10.0 Å². The van der Waals surface area contributed by atoms with E-state index in [1.54, 1.807) is 43.5 Å². The van der Waals surface area contributed by atoms with E-state index in [4.69, 9.17) is 9.47 Å². The number of benzene rings is 2. The Balaban J connectivity index is 2.06. The maximum absolute atomic E-state index is 12.2. The molecular weight excluding hydrogens is 328 g/mol. The lowest BCUT2D eigenvalue weighted by Gasteiger charge is -2.10. The average molecular weight is 348 g/mol. The molecule has 0 heterocycles. The molecule has 2 rings (SSSR count). The lowest BCUT2D eigenvalue weighted by Crippen LogP contribution is -2.18. The molecule has 0 saturated carbocycles. The molecule has 0 saturated heterocycles. The number of hydrogen-bond acceptors (Lipinski definition) is 5. The molecule has 0 fully saturated rings. The van der Waals surface area contributed by atoms with Gasteiger partial charge in [-0.1, -0.05) is 12.1 Å². The SMILES string of the molecule is COc1cccc(/C=N/NS(=O)(=O)c2ccc(OC(C)C)cc2)c1. The summed E-state index contributed by atoms with van der Waals surface area (Å²) in [5.74, 6) is 1.28. The number of nitrogens with zero attached hydrogens (tertiary/aromatic N) is 1. The molecule has 1 N–H and O–H groups in total. The van der Waals surface area contributed by atoms with Crippen LogP contribution in [0.15, 0.2) is 58.5 Å². The van der Waals surface area contributed by atoms with Crippen molar-refractivity contribution in [3.05, 3.63) is 54.1 Å². The number of rotatable bonds is 7. The number of ether oxygens (including phenoxy) is 2. The lowest BCUT2D eigenvalue weighted by molar-refractivity contribution is 0.242. The molecule has 0 amide bonds. The first-order chi connectivity index (χ1) is 11.4. The zero-order valence-electron chi connectivity index (χ0n) is 13.8. The van der Waals surface area contributed by atoms with Crippen LogP contribution in [0.1, 0.15) is 19.4 Å². The van der Waals surface area contributed by atoms with Crippen LogP contribution in [-0.2, 0) is 10.0 Å². The molecule has 0 unspecified atom stereocenters. The minimum atomic E-state index is -3.73. The van der Waals surface area contributed by atoms with Crippen LogP contribution >= 0.6 is 0 Å². The number of hydrazone groups is 1. The second-order valence-corrected chi connectivity index (χ2v) is 6.93. The van der Waals surface area contributed by atoms with Gasteiger partial charge in [0.15, 0.2) is 0 Å². The summed E-state index contributed by atoms with van der Waals surface area (Å²) in [6, 6.07) is 13.3. The minimum Gasteiger partial charge on any atom is -0.497 e. The van der Waals surface area contributed by atoms with Gasteiger partial charge in [0.1, 0.15) is 11.5 Å². The molecule has 24 heavy (non-hydrogen) atoms. The Hall–Kier alpha value is -2.54. The van der Waals surface area contributed by atoms with E-state index in [1.807, 2.05) is 13.8 Å². The Morgan fingerprint density at radius 2 is 1.79 bits per heavy atom. The largest absolute Gasteiger partial charge is 0.497 e. The summed E-state index contributed by atoms with van der Waals surface area (Å²) in [6.45, 7) is 3.80. The van der Waals surface area contributed by atoms with E-state index >= 15 is 0 Å². The molecule has 0 bridgehead atoms. The molecule has 0 aliphatic heterocycles. The van der Waals surface area contributed by atoms with Gasteiger partial charge in [-0.3, -0.25) is 0 Å². The molecule has 0 aromatic heterocycles. The van der Waals surface area contributed by atoms with Crippen LogP contribution in [-0.4, -0.2) is 27.8 Å². The van der Waals surface area contributed by atoms with E-state index in [2.05, 4.69) is 9.93 Å². The second kappa shape index (κ2) is 7.83. The Morgan fingerprint density at radius 3 is 2.42 bits per heavy atom. The van der Waals surface area contributed by atoms with E-state index in [1.165, 1.54) is 18.3 Å². The van der Waals surface area contributed by atoms with Gasteiger partial charge in [-0.05, 0) is 55.8 Å². The Bertz CT molecular complexity index is 800. The normalized spacial score (nSPS) is 11.7. The molecule has 128 valence electrons. The van der Waals surface area contributed by atoms with Crippen molar-refractivity contribution in [3.8, 4) is 11.5 Å². The van der Waals surface area contributed by atoms with E-state index in [0.29, 0.717) is 11.5 Å². The summed E-state index contributed by atoms with van der Waals surface area (Å²) < 4.78 is 35.0. The molecule has 0 aliphatic carbocycles. The fourth-order valence-electron chi connectivity index (χ4n) is 1.91. The topological polar surface area (TPSA) is 77.0 Å². The summed E-state index contributed by atoms with van der Waals surface area (Å²) in [7, 11) is -2.16. The van der Waals surface area contributed by atoms with E-state index in [0.717, 1.165) is 5.56 Å². The minimum absolute atomic E-state index is 0.0260. The zero-order chi connectivity index (χ0) is 17.6. The van der Waals surface area contributed by atoms with Crippen LogP contribution in [0.2, 0.25) is 0 Å². The van der Waals surface area contributed by atoms with Gasteiger partial charge in [-0.15, -0.1) is 0 Å². The van der Waals surface area contributed by atoms with Crippen molar-refractivity contribution in [2.75, 3.05) is 7.11 Å². The number of sulfonamides is 1. The maximum Gasteiger partial charge on any atom is 0.276 e. The van der Waals surface area contributed by atoms with Gasteiger partial charge in [0.2, 0.25) is 0 Å². The highest BCUT2D eigenvalue weighted by Crippen LogP contribution is 2.17. The number of nitrogens with one attached hydrogen (secondary N) is 1. The molecule has 2 aromatic carbocycles. The van der Waals surface area contributed by atoms with E-state index in [9.17, 15) is 8.42 Å². The smallest absolute Gasteiger partial charge is 0.276 e. The van der Waals surface area contributed by atoms with Gasteiger partial charge < -0.3 is 9.47 Å². The first-order valence-electron chi connectivity index (χ1n) is 7.36. The van der Waals surface area contributed by atoms with Gasteiger partial charge in [-0.25, -0.2) is 4.83 Å². The van der Waals surface area contributed by atoms with Crippen LogP contribution in [0.4, 0.5) is 0 Å². The van der Waals surface area contributed by atoms with E-state index in [-0.39, 0.29) is 11.0 Å². The van der Waals surface area contributed by atoms with Gasteiger partial charge in [0.05, 0.1) is 24.3 Å². The fourth-order valence-corrected chi connectivity index (χ4v) is 2.71. The monoisotopic (exact) mass is 348 g/mol. The second-order valence-electron chi connectivity index (χ2n) is 5.27. The van der Waals surface area contributed by atoms with Crippen molar-refractivity contribution in [2.45, 2.75) is 24.8 Å². The maximum atomic E-state index is 12.2. The molecule has 6 nitrogen and oxygen atoms in total. The van der Waals surface area contributed by atoms with Crippen LogP contribution in [0.25, 0.3) is 0 Å². The number of hydrogen-bond donors (Lipinski definition) is 1. The van der Waals surface area contributed by atoms with Crippen molar-refractivity contribution >= 4 is 16.2 Å². The zero-order valence-corrected chi connectivity index (χ0v) is 14.6. The van der Waals surface area contributed by atoms with Gasteiger partial charge >= 0.3 is 0 Å². The van der Waals surface area contributed by atoms with Crippen molar-refractivity contribution in [2.24, 2.45) is 5.10 Å². The molecule has 7 heteroatoms. The molecule has 0 aliphatic rings. The van der Waals surface area contributed by atoms with Crippen molar-refractivity contribution < 1.29 is 17.9 Å². The molecular formula is C17H20N2O4S. The Morgan fingerprint density at radius 1 is 1.08 bits per heavy atom. The molecule has 0 radical (unpaired) electrons. The fraction of sp³-hybridized carbons (Fsp3) is 0.235. The highest BCUT2D eigenvalue weighted by atomic mass is 32.2. The standard InChI is InChI=1S/C17H20N2O4S/c1-13(2)23-15-7-9-17(10-8-15)24(20,21)19-18-12-14-5-4-6-16(11-14)22-3/h4-13,19H,1-3H3/b18-12+. The van der Waals surface area contributed by atoms with Crippen LogP contribution in [0, 0.1) is 0 Å². The van der Waals surface area contributed by atoms with Crippen molar-refractivity contribution in [1.29, 1.82) is 0 Å². The molecule has 0 atom stereocenters. The predicted octanol–water partition coefficient (Wildman–Crippen LogP) is 2.79. The summed E-state index contributed by atoms with van der Waals surface area (Å²) in [4.78, 5) is 2.29. The highest BCUT2D eigenvalue weighted by molar-refractivity contribution is 7.89. The van der Waals surface area contributed by atoms with Gasteiger partial charge in [0, 0.05) is 0 Å². The van der Waals surface area contributed by atoms with Gasteiger partial charge in [-0.2, -0.15) is 13.5 Å². The van der Waals surface area contributed by atoms with Gasteiger partial charge in [0.25, 0.3) is 10.0 Å². The van der Waals surface area contributed by atoms with Crippen LogP contribution in [0.5, 0.6) is 11.5 Å². The first kappa shape index (κ1) is 17.8. The third-order valence-electron chi connectivity index (χ3n) is 2.99. The van der Waals surface area contributed by atoms with Crippen molar-refractivity contribution in [1.82, 2.24) is 4.83 Å². The third-order valence-corrected chi connectivity index (χ3v) is 4.22. The van der Waals surface area contributed by atoms with Crippen LogP contribution < -0.4 is 14.3 Å². The molecule has 0 spiro atoms. The summed E-state index contributed by atoms with van der Waals surface area (Å²) in [5.41, 5.74) is 0.720. The summed E-state index contributed by atoms with van der Waals surface area (Å²) in [6.07, 6.45) is 1.44. The van der Waals surface area contributed by atoms with Crippen LogP contribution in [0.3, 0.4) is 0 Å². The Kier molecular flexibility index (Phi) is 5.81. The highest BCUT2D eigenvalue weighted by Gasteiger charge is 2.12. The third kappa shape index (κ3) is 4.99. The summed E-state index contributed by atoms with van der Waals surface area (Å²) in [5, 5.41) is 3.79. The quantitative estimate of drug-likeness (QED) is 0.616. The molecule has 2 aromatic rings. The first-order valence-corrected chi connectivity index (χ1v) is 8.84. The number of methoxy groups -OCH3 is 1. The lowest BCUT2D eigenvalue weighted by atomic mass is 10.2. The van der Waals surface area contributed by atoms with Crippen molar-refractivity contribution in [3.63, 3.8) is 0 Å². The Labute approximate surface area is 142 Å². The summed E-state index contributed by atoms with van der Waals surface area (Å²) >= 11 is 0. The predicted molar refractivity (Wildman–Crippen MR) is 93.1 cm³/mol.